The van der Waals surface area contributed by atoms with E-state index in [4.69, 9.17) is 10.5 Å². The molecular formula is C20H27F3N2O3. The molecule has 3 atom stereocenters. The summed E-state index contributed by atoms with van der Waals surface area (Å²) in [5.74, 6) is -1.33. The second-order valence-corrected chi connectivity index (χ2v) is 8.45. The molecule has 0 spiro atoms. The van der Waals surface area contributed by atoms with E-state index < -0.39 is 47.7 Å². The van der Waals surface area contributed by atoms with E-state index in [2.05, 4.69) is 0 Å². The van der Waals surface area contributed by atoms with E-state index in [1.807, 2.05) is 25.1 Å². The van der Waals surface area contributed by atoms with Gasteiger partial charge in [0.2, 0.25) is 0 Å². The van der Waals surface area contributed by atoms with Crippen LogP contribution >= 0.6 is 0 Å². The number of nitrogens with zero attached hydrogens (tertiary/aromatic N) is 1. The molecule has 0 saturated carbocycles. The third kappa shape index (κ3) is 4.10. The Hall–Kier alpha value is -2.25. The summed E-state index contributed by atoms with van der Waals surface area (Å²) in [6, 6.07) is 6.59. The zero-order valence-electron chi connectivity index (χ0n) is 16.8. The molecule has 156 valence electrons. The molecule has 1 aliphatic heterocycles. The first-order chi connectivity index (χ1) is 12.7. The second kappa shape index (κ2) is 7.29. The van der Waals surface area contributed by atoms with Crippen molar-refractivity contribution in [1.29, 1.82) is 0 Å². The van der Waals surface area contributed by atoms with Crippen molar-refractivity contribution in [3.63, 3.8) is 0 Å². The van der Waals surface area contributed by atoms with Gasteiger partial charge in [0, 0.05) is 23.8 Å². The van der Waals surface area contributed by atoms with Gasteiger partial charge in [-0.3, -0.25) is 4.79 Å². The predicted molar refractivity (Wildman–Crippen MR) is 98.6 cm³/mol. The van der Waals surface area contributed by atoms with Crippen molar-refractivity contribution in [2.45, 2.75) is 64.8 Å². The lowest BCUT2D eigenvalue weighted by Gasteiger charge is -2.53. The van der Waals surface area contributed by atoms with E-state index in [1.165, 1.54) is 0 Å². The van der Waals surface area contributed by atoms with Gasteiger partial charge in [0.15, 0.2) is 5.60 Å². The van der Waals surface area contributed by atoms with Crippen LogP contribution in [-0.2, 0) is 9.53 Å². The van der Waals surface area contributed by atoms with Gasteiger partial charge in [-0.2, -0.15) is 13.2 Å². The van der Waals surface area contributed by atoms with Gasteiger partial charge in [-0.15, -0.1) is 0 Å². The number of piperidine rings is 1. The highest BCUT2D eigenvalue weighted by atomic mass is 19.4. The highest BCUT2D eigenvalue weighted by molar-refractivity contribution is 5.90. The van der Waals surface area contributed by atoms with Crippen LogP contribution in [0.2, 0.25) is 0 Å². The average Bonchev–Trinajstić information content (AvgIpc) is 2.52. The number of nitrogens with two attached hydrogens (primary N) is 1. The molecule has 1 aliphatic rings. The topological polar surface area (TPSA) is 72.6 Å². The Morgan fingerprint density at radius 1 is 1.29 bits per heavy atom. The lowest BCUT2D eigenvalue weighted by Crippen LogP contribution is -2.67. The van der Waals surface area contributed by atoms with E-state index in [9.17, 15) is 22.8 Å². The standard InChI is InChI=1S/C20H27F3N2O3/c1-12-8-6-7-9-14(12)15-10-19(18(3,4)5,28-17(24)27)16(26)25(13(15)2)11-20(21,22)23/h6-9,13,15H,10-11H2,1-5H3,(H2,24,27)/t13-,15-,19?/m1/s1. The number of aryl methyl sites for hydroxylation is 1. The third-order valence-corrected chi connectivity index (χ3v) is 5.61. The summed E-state index contributed by atoms with van der Waals surface area (Å²) in [4.78, 5) is 25.7. The number of alkyl halides is 3. The Labute approximate surface area is 163 Å². The van der Waals surface area contributed by atoms with Crippen molar-refractivity contribution < 1.29 is 27.5 Å². The summed E-state index contributed by atoms with van der Waals surface area (Å²) in [5.41, 5.74) is 4.17. The first-order valence-electron chi connectivity index (χ1n) is 9.11. The minimum Gasteiger partial charge on any atom is -0.432 e. The number of amides is 2. The van der Waals surface area contributed by atoms with Gasteiger partial charge < -0.3 is 15.4 Å². The number of carbonyl (C=O) groups excluding carboxylic acids is 2. The van der Waals surface area contributed by atoms with E-state index in [-0.39, 0.29) is 6.42 Å². The largest absolute Gasteiger partial charge is 0.432 e. The van der Waals surface area contributed by atoms with Gasteiger partial charge in [-0.1, -0.05) is 45.0 Å². The number of ether oxygens (including phenoxy) is 1. The van der Waals surface area contributed by atoms with Crippen molar-refractivity contribution >= 4 is 12.0 Å². The van der Waals surface area contributed by atoms with Gasteiger partial charge in [-0.25, -0.2) is 4.79 Å². The Balaban J connectivity index is 2.67. The molecule has 5 nitrogen and oxygen atoms in total. The molecule has 1 fully saturated rings. The number of benzene rings is 1. The number of hydrogen-bond acceptors (Lipinski definition) is 3. The maximum Gasteiger partial charge on any atom is 0.406 e. The maximum atomic E-state index is 13.3. The number of primary amides is 1. The summed E-state index contributed by atoms with van der Waals surface area (Å²) >= 11 is 0. The fourth-order valence-corrected chi connectivity index (χ4v) is 4.02. The smallest absolute Gasteiger partial charge is 0.406 e. The quantitative estimate of drug-likeness (QED) is 0.829. The van der Waals surface area contributed by atoms with Crippen LogP contribution in [0.5, 0.6) is 0 Å². The first kappa shape index (κ1) is 22.0. The summed E-state index contributed by atoms with van der Waals surface area (Å²) in [6.45, 7) is 7.01. The van der Waals surface area contributed by atoms with Crippen LogP contribution in [0.1, 0.15) is 51.2 Å². The molecule has 2 rings (SSSR count). The molecule has 1 aromatic carbocycles. The van der Waals surface area contributed by atoms with Gasteiger partial charge >= 0.3 is 12.3 Å². The number of rotatable bonds is 3. The second-order valence-electron chi connectivity index (χ2n) is 8.45. The molecule has 8 heteroatoms. The van der Waals surface area contributed by atoms with Crippen LogP contribution in [-0.4, -0.2) is 41.3 Å². The molecule has 0 aromatic heterocycles. The first-order valence-corrected chi connectivity index (χ1v) is 9.11. The molecule has 2 amide bonds. The van der Waals surface area contributed by atoms with Crippen molar-refractivity contribution in [2.75, 3.05) is 6.54 Å². The normalized spacial score (nSPS) is 26.3. The molecule has 1 saturated heterocycles. The molecule has 0 aliphatic carbocycles. The van der Waals surface area contributed by atoms with Crippen molar-refractivity contribution in [2.24, 2.45) is 11.1 Å². The predicted octanol–water partition coefficient (Wildman–Crippen LogP) is 4.14. The van der Waals surface area contributed by atoms with Crippen molar-refractivity contribution in [1.82, 2.24) is 4.90 Å². The van der Waals surface area contributed by atoms with E-state index >= 15 is 0 Å². The Bertz CT molecular complexity index is 758. The summed E-state index contributed by atoms with van der Waals surface area (Å²) in [6.07, 6.45) is -5.72. The average molecular weight is 400 g/mol. The number of hydrogen-bond donors (Lipinski definition) is 1. The van der Waals surface area contributed by atoms with Gasteiger partial charge in [0.1, 0.15) is 6.54 Å². The highest BCUT2D eigenvalue weighted by Gasteiger charge is 2.60. The van der Waals surface area contributed by atoms with Crippen LogP contribution in [0.3, 0.4) is 0 Å². The summed E-state index contributed by atoms with van der Waals surface area (Å²) in [7, 11) is 0. The minimum absolute atomic E-state index is 0.0542. The van der Waals surface area contributed by atoms with E-state index in [0.717, 1.165) is 16.0 Å². The molecular weight excluding hydrogens is 373 g/mol. The molecule has 1 heterocycles. The lowest BCUT2D eigenvalue weighted by atomic mass is 9.65. The molecule has 0 radical (unpaired) electrons. The van der Waals surface area contributed by atoms with E-state index in [0.29, 0.717) is 0 Å². The minimum atomic E-state index is -4.59. The zero-order valence-corrected chi connectivity index (χ0v) is 16.8. The maximum absolute atomic E-state index is 13.3. The number of halogens is 3. The van der Waals surface area contributed by atoms with E-state index in [1.54, 1.807) is 33.8 Å². The zero-order chi connectivity index (χ0) is 21.5. The number of likely N-dealkylation sites (tertiary alicyclic amines) is 1. The molecule has 0 bridgehead atoms. The van der Waals surface area contributed by atoms with Crippen LogP contribution < -0.4 is 5.73 Å². The van der Waals surface area contributed by atoms with Gasteiger partial charge in [-0.05, 0) is 25.0 Å². The monoisotopic (exact) mass is 400 g/mol. The number of carbonyl (C=O) groups is 2. The molecule has 1 unspecified atom stereocenters. The van der Waals surface area contributed by atoms with Crippen LogP contribution in [0.25, 0.3) is 0 Å². The van der Waals surface area contributed by atoms with Crippen molar-refractivity contribution in [3.05, 3.63) is 35.4 Å². The van der Waals surface area contributed by atoms with Gasteiger partial charge in [0.25, 0.3) is 5.91 Å². The van der Waals surface area contributed by atoms with Crippen LogP contribution in [0, 0.1) is 12.3 Å². The molecule has 1 aromatic rings. The Morgan fingerprint density at radius 2 is 1.86 bits per heavy atom. The van der Waals surface area contributed by atoms with Crippen LogP contribution in [0.15, 0.2) is 24.3 Å². The molecule has 28 heavy (non-hydrogen) atoms. The lowest BCUT2D eigenvalue weighted by molar-refractivity contribution is -0.197. The fraction of sp³-hybridized carbons (Fsp3) is 0.600. The molecule has 2 N–H and O–H groups in total. The summed E-state index contributed by atoms with van der Waals surface area (Å²) in [5, 5.41) is 0. The third-order valence-electron chi connectivity index (χ3n) is 5.61. The highest BCUT2D eigenvalue weighted by Crippen LogP contribution is 2.49. The van der Waals surface area contributed by atoms with Crippen molar-refractivity contribution in [3.8, 4) is 0 Å². The SMILES string of the molecule is Cc1ccccc1[C@@H]1CC(OC(N)=O)(C(C)(C)C)C(=O)N(CC(F)(F)F)[C@@H]1C. The Kier molecular flexibility index (Phi) is 5.74. The fourth-order valence-electron chi connectivity index (χ4n) is 4.02. The Morgan fingerprint density at radius 3 is 2.32 bits per heavy atom. The van der Waals surface area contributed by atoms with Crippen LogP contribution in [0.4, 0.5) is 18.0 Å². The summed E-state index contributed by atoms with van der Waals surface area (Å²) < 4.78 is 45.2. The van der Waals surface area contributed by atoms with Gasteiger partial charge in [0.05, 0.1) is 0 Å².